The van der Waals surface area contributed by atoms with Gasteiger partial charge in [-0.15, -0.1) is 6.42 Å². The topological polar surface area (TPSA) is 47.3 Å². The summed E-state index contributed by atoms with van der Waals surface area (Å²) in [5, 5.41) is 0. The van der Waals surface area contributed by atoms with Crippen molar-refractivity contribution in [1.82, 2.24) is 0 Å². The van der Waals surface area contributed by atoms with Crippen LogP contribution < -0.4 is 16.0 Å². The molecule has 0 saturated carbocycles. The highest BCUT2D eigenvalue weighted by Crippen LogP contribution is 2.20. The first kappa shape index (κ1) is 9.36. The maximum atomic E-state index is 12.9. The van der Waals surface area contributed by atoms with Crippen LogP contribution in [-0.2, 0) is 0 Å². The first-order valence-corrected chi connectivity index (χ1v) is 3.60. The molecule has 1 aromatic carbocycles. The van der Waals surface area contributed by atoms with Crippen molar-refractivity contribution in [3.05, 3.63) is 24.0 Å². The number of hydrazine groups is 1. The Balaban J connectivity index is 2.81. The molecule has 1 aromatic rings. The first-order valence-electron chi connectivity index (χ1n) is 3.60. The van der Waals surface area contributed by atoms with Gasteiger partial charge in [-0.25, -0.2) is 4.39 Å². The van der Waals surface area contributed by atoms with Crippen molar-refractivity contribution in [2.75, 3.05) is 12.0 Å². The summed E-state index contributed by atoms with van der Waals surface area (Å²) in [6.45, 7) is 0.148. The number of ether oxygens (including phenoxy) is 1. The van der Waals surface area contributed by atoms with Gasteiger partial charge in [0.05, 0.1) is 5.69 Å². The van der Waals surface area contributed by atoms with E-state index in [1.165, 1.54) is 18.2 Å². The van der Waals surface area contributed by atoms with E-state index in [9.17, 15) is 4.39 Å². The van der Waals surface area contributed by atoms with Crippen molar-refractivity contribution in [2.24, 2.45) is 5.84 Å². The van der Waals surface area contributed by atoms with Gasteiger partial charge in [-0.2, -0.15) is 0 Å². The van der Waals surface area contributed by atoms with Gasteiger partial charge in [0.25, 0.3) is 0 Å². The van der Waals surface area contributed by atoms with E-state index < -0.39 is 5.82 Å². The molecule has 4 heteroatoms. The molecule has 0 aliphatic carbocycles. The van der Waals surface area contributed by atoms with Gasteiger partial charge < -0.3 is 10.2 Å². The fraction of sp³-hybridized carbons (Fsp3) is 0.111. The van der Waals surface area contributed by atoms with Crippen molar-refractivity contribution in [1.29, 1.82) is 0 Å². The lowest BCUT2D eigenvalue weighted by Gasteiger charge is -2.05. The number of terminal acetylenes is 1. The van der Waals surface area contributed by atoms with Crippen molar-refractivity contribution in [3.8, 4) is 18.1 Å². The van der Waals surface area contributed by atoms with E-state index in [0.717, 1.165) is 0 Å². The zero-order chi connectivity index (χ0) is 9.68. The second kappa shape index (κ2) is 4.33. The Bertz CT molecular complexity index is 333. The van der Waals surface area contributed by atoms with Crippen LogP contribution in [0.4, 0.5) is 10.1 Å². The Morgan fingerprint density at radius 1 is 1.62 bits per heavy atom. The highest BCUT2D eigenvalue weighted by atomic mass is 19.1. The van der Waals surface area contributed by atoms with Crippen molar-refractivity contribution in [3.63, 3.8) is 0 Å². The predicted molar refractivity (Wildman–Crippen MR) is 48.5 cm³/mol. The van der Waals surface area contributed by atoms with Crippen LogP contribution >= 0.6 is 0 Å². The van der Waals surface area contributed by atoms with Crippen molar-refractivity contribution < 1.29 is 9.13 Å². The summed E-state index contributed by atoms with van der Waals surface area (Å²) in [7, 11) is 0. The van der Waals surface area contributed by atoms with E-state index in [2.05, 4.69) is 11.3 Å². The number of nitrogen functional groups attached to an aromatic ring is 1. The third-order valence-corrected chi connectivity index (χ3v) is 1.42. The van der Waals surface area contributed by atoms with Gasteiger partial charge in [0.15, 0.2) is 0 Å². The molecule has 0 aromatic heterocycles. The number of rotatable bonds is 3. The lowest BCUT2D eigenvalue weighted by Crippen LogP contribution is -2.08. The maximum absolute atomic E-state index is 12.9. The largest absolute Gasteiger partial charge is 0.481 e. The molecule has 0 heterocycles. The lowest BCUT2D eigenvalue weighted by molar-refractivity contribution is 0.370. The average molecular weight is 180 g/mol. The highest BCUT2D eigenvalue weighted by Gasteiger charge is 2.01. The molecule has 0 fully saturated rings. The molecule has 0 bridgehead atoms. The SMILES string of the molecule is C#CCOc1ccc(F)c(NN)c1. The minimum atomic E-state index is -0.435. The summed E-state index contributed by atoms with van der Waals surface area (Å²) >= 11 is 0. The van der Waals surface area contributed by atoms with Gasteiger partial charge in [-0.1, -0.05) is 5.92 Å². The summed E-state index contributed by atoms with van der Waals surface area (Å²) in [5.41, 5.74) is 2.38. The first-order chi connectivity index (χ1) is 6.27. The van der Waals surface area contributed by atoms with Crippen LogP contribution in [0.2, 0.25) is 0 Å². The molecule has 3 N–H and O–H groups in total. The Labute approximate surface area is 75.7 Å². The zero-order valence-corrected chi connectivity index (χ0v) is 6.88. The minimum absolute atomic E-state index is 0.148. The molecular formula is C9H9FN2O. The van der Waals surface area contributed by atoms with Crippen LogP contribution in [0.25, 0.3) is 0 Å². The number of nitrogens with one attached hydrogen (secondary N) is 1. The molecule has 0 amide bonds. The third kappa shape index (κ3) is 2.36. The molecule has 1 rings (SSSR count). The van der Waals surface area contributed by atoms with Crippen LogP contribution in [-0.4, -0.2) is 6.61 Å². The standard InChI is InChI=1S/C9H9FN2O/c1-2-5-13-7-3-4-8(10)9(6-7)12-11/h1,3-4,6,12H,5,11H2. The summed E-state index contributed by atoms with van der Waals surface area (Å²) in [5.74, 6) is 7.41. The van der Waals surface area contributed by atoms with Gasteiger partial charge in [0.1, 0.15) is 18.2 Å². The normalized spacial score (nSPS) is 9.00. The summed E-state index contributed by atoms with van der Waals surface area (Å²) < 4.78 is 17.9. The van der Waals surface area contributed by atoms with E-state index >= 15 is 0 Å². The van der Waals surface area contributed by atoms with Gasteiger partial charge in [-0.05, 0) is 12.1 Å². The van der Waals surface area contributed by atoms with Crippen LogP contribution in [0.3, 0.4) is 0 Å². The molecule has 0 spiro atoms. The van der Waals surface area contributed by atoms with E-state index in [1.54, 1.807) is 0 Å². The molecule has 0 saturated heterocycles. The second-order valence-electron chi connectivity index (χ2n) is 2.28. The highest BCUT2D eigenvalue weighted by molar-refractivity contribution is 5.48. The second-order valence-corrected chi connectivity index (χ2v) is 2.28. The summed E-state index contributed by atoms with van der Waals surface area (Å²) in [6.07, 6.45) is 4.99. The van der Waals surface area contributed by atoms with Crippen LogP contribution in [0.1, 0.15) is 0 Å². The van der Waals surface area contributed by atoms with E-state index in [1.807, 2.05) is 0 Å². The fourth-order valence-corrected chi connectivity index (χ4v) is 0.830. The van der Waals surface area contributed by atoms with Crippen LogP contribution in [0, 0.1) is 18.2 Å². The summed E-state index contributed by atoms with van der Waals surface area (Å²) in [6, 6.07) is 4.17. The number of halogens is 1. The molecule has 13 heavy (non-hydrogen) atoms. The van der Waals surface area contributed by atoms with Gasteiger partial charge in [-0.3, -0.25) is 5.84 Å². The van der Waals surface area contributed by atoms with E-state index in [-0.39, 0.29) is 12.3 Å². The minimum Gasteiger partial charge on any atom is -0.481 e. The Morgan fingerprint density at radius 3 is 3.00 bits per heavy atom. The predicted octanol–water partition coefficient (Wildman–Crippen LogP) is 1.12. The fourth-order valence-electron chi connectivity index (χ4n) is 0.830. The average Bonchev–Trinajstić information content (AvgIpc) is 2.16. The number of hydrogen-bond acceptors (Lipinski definition) is 3. The quantitative estimate of drug-likeness (QED) is 0.416. The lowest BCUT2D eigenvalue weighted by atomic mass is 10.3. The number of anilines is 1. The van der Waals surface area contributed by atoms with E-state index in [4.69, 9.17) is 17.0 Å². The monoisotopic (exact) mass is 180 g/mol. The number of benzene rings is 1. The number of hydrogen-bond donors (Lipinski definition) is 2. The van der Waals surface area contributed by atoms with Gasteiger partial charge in [0, 0.05) is 6.07 Å². The molecule has 0 aliphatic rings. The Kier molecular flexibility index (Phi) is 3.12. The Morgan fingerprint density at radius 2 is 2.38 bits per heavy atom. The van der Waals surface area contributed by atoms with Gasteiger partial charge >= 0.3 is 0 Å². The van der Waals surface area contributed by atoms with Gasteiger partial charge in [0.2, 0.25) is 0 Å². The zero-order valence-electron chi connectivity index (χ0n) is 6.88. The molecule has 0 unspecified atom stereocenters. The molecule has 68 valence electrons. The third-order valence-electron chi connectivity index (χ3n) is 1.42. The van der Waals surface area contributed by atoms with Crippen LogP contribution in [0.5, 0.6) is 5.75 Å². The van der Waals surface area contributed by atoms with E-state index in [0.29, 0.717) is 5.75 Å². The summed E-state index contributed by atoms with van der Waals surface area (Å²) in [4.78, 5) is 0. The molecule has 0 atom stereocenters. The Hall–Kier alpha value is -1.73. The van der Waals surface area contributed by atoms with Crippen molar-refractivity contribution >= 4 is 5.69 Å². The number of nitrogens with two attached hydrogens (primary N) is 1. The molecule has 0 radical (unpaired) electrons. The molecule has 3 nitrogen and oxygen atoms in total. The maximum Gasteiger partial charge on any atom is 0.148 e. The smallest absolute Gasteiger partial charge is 0.148 e. The molecular weight excluding hydrogens is 171 g/mol. The van der Waals surface area contributed by atoms with Crippen LogP contribution in [0.15, 0.2) is 18.2 Å². The van der Waals surface area contributed by atoms with Crippen molar-refractivity contribution in [2.45, 2.75) is 0 Å². The molecule has 0 aliphatic heterocycles.